The highest BCUT2D eigenvalue weighted by Gasteiger charge is 2.08. The van der Waals surface area contributed by atoms with Crippen molar-refractivity contribution in [2.45, 2.75) is 13.3 Å². The van der Waals surface area contributed by atoms with E-state index in [-0.39, 0.29) is 12.4 Å². The van der Waals surface area contributed by atoms with Gasteiger partial charge in [0.05, 0.1) is 13.0 Å². The van der Waals surface area contributed by atoms with Crippen LogP contribution in [0.5, 0.6) is 5.75 Å². The molecule has 0 amide bonds. The highest BCUT2D eigenvalue weighted by Crippen LogP contribution is 2.19. The number of benzene rings is 1. The van der Waals surface area contributed by atoms with E-state index >= 15 is 0 Å². The number of esters is 1. The summed E-state index contributed by atoms with van der Waals surface area (Å²) in [6.45, 7) is 2.12. The molecule has 0 unspecified atom stereocenters. The molecule has 1 aromatic carbocycles. The van der Waals surface area contributed by atoms with Gasteiger partial charge in [-0.25, -0.2) is 0 Å². The molecule has 0 saturated carbocycles. The van der Waals surface area contributed by atoms with Crippen LogP contribution in [0.3, 0.4) is 0 Å². The second kappa shape index (κ2) is 6.50. The molecular weight excluding hydrogens is 208 g/mol. The number of aliphatic hydroxyl groups is 1. The smallest absolute Gasteiger partial charge is 0.310 e. The highest BCUT2D eigenvalue weighted by atomic mass is 16.5. The summed E-state index contributed by atoms with van der Waals surface area (Å²) < 4.78 is 9.97. The van der Waals surface area contributed by atoms with E-state index in [0.29, 0.717) is 12.4 Å². The van der Waals surface area contributed by atoms with E-state index in [1.807, 2.05) is 6.07 Å². The molecule has 0 radical (unpaired) electrons. The molecule has 16 heavy (non-hydrogen) atoms. The number of para-hydroxylation sites is 1. The van der Waals surface area contributed by atoms with Crippen LogP contribution >= 0.6 is 0 Å². The average molecular weight is 222 g/mol. The van der Waals surface area contributed by atoms with Gasteiger partial charge < -0.3 is 14.6 Å². The van der Waals surface area contributed by atoms with Gasteiger partial charge in [0.1, 0.15) is 18.3 Å². The number of hydrogen-bond acceptors (Lipinski definition) is 4. The molecule has 0 saturated heterocycles. The number of rotatable bonds is 5. The first-order valence-corrected chi connectivity index (χ1v) is 4.97. The van der Waals surface area contributed by atoms with Crippen molar-refractivity contribution in [3.63, 3.8) is 0 Å². The number of carbonyl (C=O) groups excluding carboxylic acids is 1. The van der Waals surface area contributed by atoms with Gasteiger partial charge in [0, 0.05) is 5.56 Å². The Morgan fingerprint density at radius 3 is 2.88 bits per heavy atom. The topological polar surface area (TPSA) is 55.8 Å². The fraction of sp³-hybridized carbons (Fsp3) is 0.250. The second-order valence-corrected chi connectivity index (χ2v) is 2.99. The summed E-state index contributed by atoms with van der Waals surface area (Å²) in [5, 5.41) is 8.49. The molecule has 0 aliphatic rings. The van der Waals surface area contributed by atoms with Crippen LogP contribution < -0.4 is 4.74 Å². The van der Waals surface area contributed by atoms with Crippen molar-refractivity contribution in [1.82, 2.24) is 0 Å². The second-order valence-electron chi connectivity index (χ2n) is 2.99. The fourth-order valence-corrected chi connectivity index (χ4v) is 1.24. The van der Waals surface area contributed by atoms with E-state index in [1.165, 1.54) is 0 Å². The summed E-state index contributed by atoms with van der Waals surface area (Å²) in [6, 6.07) is 7.09. The molecule has 0 aliphatic carbocycles. The van der Waals surface area contributed by atoms with E-state index in [0.717, 1.165) is 18.1 Å². The van der Waals surface area contributed by atoms with Gasteiger partial charge in [0.2, 0.25) is 0 Å². The van der Waals surface area contributed by atoms with Crippen LogP contribution in [-0.4, -0.2) is 17.7 Å². The van der Waals surface area contributed by atoms with E-state index in [2.05, 4.69) is 0 Å². The number of hydrogen-bond donors (Lipinski definition) is 1. The quantitative estimate of drug-likeness (QED) is 0.613. The fourth-order valence-electron chi connectivity index (χ4n) is 1.24. The molecule has 86 valence electrons. The standard InChI is InChI=1S/C12H14O4/c1-2-15-12(14)9-10-5-3-4-6-11(10)16-8-7-13/h3-8,13H,2,9H2,1H3. The van der Waals surface area contributed by atoms with E-state index in [1.54, 1.807) is 25.1 Å². The Balaban J connectivity index is 2.74. The normalized spacial score (nSPS) is 10.3. The average Bonchev–Trinajstić information content (AvgIpc) is 2.28. The Hall–Kier alpha value is -1.97. The molecule has 0 aromatic heterocycles. The van der Waals surface area contributed by atoms with Crippen LogP contribution in [0, 0.1) is 0 Å². The third kappa shape index (κ3) is 3.65. The molecule has 1 N–H and O–H groups in total. The highest BCUT2D eigenvalue weighted by molar-refractivity contribution is 5.73. The summed E-state index contributed by atoms with van der Waals surface area (Å²) in [5.41, 5.74) is 0.721. The van der Waals surface area contributed by atoms with Crippen molar-refractivity contribution in [3.8, 4) is 5.75 Å². The molecule has 0 heterocycles. The Labute approximate surface area is 94.1 Å². The lowest BCUT2D eigenvalue weighted by Crippen LogP contribution is -2.08. The van der Waals surface area contributed by atoms with Crippen molar-refractivity contribution in [2.24, 2.45) is 0 Å². The summed E-state index contributed by atoms with van der Waals surface area (Å²) in [4.78, 5) is 11.3. The third-order valence-electron chi connectivity index (χ3n) is 1.87. The molecule has 0 fully saturated rings. The maximum atomic E-state index is 11.3. The zero-order valence-corrected chi connectivity index (χ0v) is 9.05. The van der Waals surface area contributed by atoms with Crippen LogP contribution in [0.25, 0.3) is 0 Å². The first kappa shape index (κ1) is 12.1. The van der Waals surface area contributed by atoms with Gasteiger partial charge >= 0.3 is 5.97 Å². The predicted molar refractivity (Wildman–Crippen MR) is 59.2 cm³/mol. The zero-order valence-electron chi connectivity index (χ0n) is 9.05. The van der Waals surface area contributed by atoms with Crippen molar-refractivity contribution in [2.75, 3.05) is 6.61 Å². The molecule has 0 spiro atoms. The SMILES string of the molecule is CCOC(=O)Cc1ccccc1OC=CO. The first-order valence-electron chi connectivity index (χ1n) is 4.97. The summed E-state index contributed by atoms with van der Waals surface area (Å²) in [6.07, 6.45) is 2.09. The molecular formula is C12H14O4. The minimum atomic E-state index is -0.300. The van der Waals surface area contributed by atoms with Crippen LogP contribution in [-0.2, 0) is 16.0 Å². The van der Waals surface area contributed by atoms with Crippen LogP contribution in [0.1, 0.15) is 12.5 Å². The number of carbonyl (C=O) groups is 1. The molecule has 0 aliphatic heterocycles. The van der Waals surface area contributed by atoms with Crippen LogP contribution in [0.2, 0.25) is 0 Å². The maximum Gasteiger partial charge on any atom is 0.310 e. The molecule has 1 rings (SSSR count). The predicted octanol–water partition coefficient (Wildman–Crippen LogP) is 2.20. The van der Waals surface area contributed by atoms with Gasteiger partial charge in [-0.05, 0) is 13.0 Å². The van der Waals surface area contributed by atoms with E-state index in [9.17, 15) is 4.79 Å². The van der Waals surface area contributed by atoms with Crippen molar-refractivity contribution >= 4 is 5.97 Å². The van der Waals surface area contributed by atoms with Crippen molar-refractivity contribution in [1.29, 1.82) is 0 Å². The van der Waals surface area contributed by atoms with Gasteiger partial charge in [0.25, 0.3) is 0 Å². The number of ether oxygens (including phenoxy) is 2. The van der Waals surface area contributed by atoms with Gasteiger partial charge in [-0.1, -0.05) is 18.2 Å². The Morgan fingerprint density at radius 2 is 2.19 bits per heavy atom. The molecule has 4 nitrogen and oxygen atoms in total. The first-order chi connectivity index (χ1) is 7.77. The van der Waals surface area contributed by atoms with Crippen molar-refractivity contribution in [3.05, 3.63) is 42.4 Å². The lowest BCUT2D eigenvalue weighted by Gasteiger charge is -2.07. The molecule has 0 atom stereocenters. The van der Waals surface area contributed by atoms with Gasteiger partial charge in [-0.2, -0.15) is 0 Å². The molecule has 0 bridgehead atoms. The monoisotopic (exact) mass is 222 g/mol. The van der Waals surface area contributed by atoms with Crippen LogP contribution in [0.15, 0.2) is 36.8 Å². The Morgan fingerprint density at radius 1 is 1.44 bits per heavy atom. The van der Waals surface area contributed by atoms with Crippen molar-refractivity contribution < 1.29 is 19.4 Å². The van der Waals surface area contributed by atoms with Crippen LogP contribution in [0.4, 0.5) is 0 Å². The maximum absolute atomic E-state index is 11.3. The van der Waals surface area contributed by atoms with Gasteiger partial charge in [-0.3, -0.25) is 4.79 Å². The summed E-state index contributed by atoms with van der Waals surface area (Å²) >= 11 is 0. The minimum absolute atomic E-state index is 0.156. The van der Waals surface area contributed by atoms with E-state index in [4.69, 9.17) is 14.6 Å². The van der Waals surface area contributed by atoms with Gasteiger partial charge in [-0.15, -0.1) is 0 Å². The zero-order chi connectivity index (χ0) is 11.8. The Kier molecular flexibility index (Phi) is 4.92. The summed E-state index contributed by atoms with van der Waals surface area (Å²) in [5.74, 6) is 0.229. The largest absolute Gasteiger partial charge is 0.512 e. The number of aliphatic hydroxyl groups excluding tert-OH is 1. The van der Waals surface area contributed by atoms with Gasteiger partial charge in [0.15, 0.2) is 0 Å². The summed E-state index contributed by atoms with van der Waals surface area (Å²) in [7, 11) is 0. The molecule has 4 heteroatoms. The van der Waals surface area contributed by atoms with E-state index < -0.39 is 0 Å². The minimum Gasteiger partial charge on any atom is -0.512 e. The Bertz CT molecular complexity index is 371. The molecule has 1 aromatic rings. The lowest BCUT2D eigenvalue weighted by atomic mass is 10.1. The third-order valence-corrected chi connectivity index (χ3v) is 1.87. The lowest BCUT2D eigenvalue weighted by molar-refractivity contribution is -0.142.